The van der Waals surface area contributed by atoms with E-state index in [-0.39, 0.29) is 0 Å². The van der Waals surface area contributed by atoms with Crippen LogP contribution in [0.25, 0.3) is 0 Å². The first kappa shape index (κ1) is 16.6. The third-order valence-electron chi connectivity index (χ3n) is 3.73. The largest absolute Gasteiger partial charge is 0.492 e. The molecular weight excluding hydrogens is 290 g/mol. The normalized spacial score (nSPS) is 17.0. The molecule has 7 heteroatoms. The van der Waals surface area contributed by atoms with Gasteiger partial charge in [-0.2, -0.15) is 0 Å². The zero-order valence-corrected chi connectivity index (χ0v) is 13.1. The molecule has 2 N–H and O–H groups in total. The lowest BCUT2D eigenvalue weighted by Gasteiger charge is -2.32. The third-order valence-corrected chi connectivity index (χ3v) is 4.02. The van der Waals surface area contributed by atoms with E-state index in [0.29, 0.717) is 22.8 Å². The van der Waals surface area contributed by atoms with Gasteiger partial charge < -0.3 is 24.6 Å². The van der Waals surface area contributed by atoms with Crippen LogP contribution >= 0.6 is 11.6 Å². The van der Waals surface area contributed by atoms with Crippen LogP contribution in [0, 0.1) is 0 Å². The summed E-state index contributed by atoms with van der Waals surface area (Å²) in [6.45, 7) is 6.10. The SMILES string of the molecule is CN1CCN(CCCOc2ccc(B(O)O)cc2Cl)CC1. The van der Waals surface area contributed by atoms with E-state index < -0.39 is 7.12 Å². The van der Waals surface area contributed by atoms with Gasteiger partial charge in [-0.05, 0) is 31.1 Å². The first-order chi connectivity index (χ1) is 10.1. The average Bonchev–Trinajstić information content (AvgIpc) is 2.46. The standard InChI is InChI=1S/C14H22BClN2O3/c1-17-6-8-18(9-7-17)5-2-10-21-14-4-3-12(15(19)20)11-13(14)16/h3-4,11,19-20H,2,5-10H2,1H3. The molecule has 0 aliphatic carbocycles. The Labute approximate surface area is 131 Å². The van der Waals surface area contributed by atoms with Crippen molar-refractivity contribution in [1.82, 2.24) is 9.80 Å². The summed E-state index contributed by atoms with van der Waals surface area (Å²) in [7, 11) is 0.642. The van der Waals surface area contributed by atoms with Gasteiger partial charge in [-0.25, -0.2) is 0 Å². The number of ether oxygens (including phenoxy) is 1. The van der Waals surface area contributed by atoms with Crippen molar-refractivity contribution in [3.8, 4) is 5.75 Å². The van der Waals surface area contributed by atoms with Gasteiger partial charge in [-0.15, -0.1) is 0 Å². The highest BCUT2D eigenvalue weighted by atomic mass is 35.5. The van der Waals surface area contributed by atoms with E-state index in [0.717, 1.165) is 39.1 Å². The molecule has 2 rings (SSSR count). The zero-order chi connectivity index (χ0) is 15.2. The Morgan fingerprint density at radius 3 is 2.57 bits per heavy atom. The second kappa shape index (κ2) is 8.01. The first-order valence-electron chi connectivity index (χ1n) is 7.25. The van der Waals surface area contributed by atoms with Gasteiger partial charge in [0, 0.05) is 32.7 Å². The number of benzene rings is 1. The summed E-state index contributed by atoms with van der Waals surface area (Å²) in [5.41, 5.74) is 0.366. The number of halogens is 1. The molecule has 1 aromatic carbocycles. The summed E-state index contributed by atoms with van der Waals surface area (Å²) in [5, 5.41) is 18.5. The molecule has 1 heterocycles. The lowest BCUT2D eigenvalue weighted by atomic mass is 9.80. The Balaban J connectivity index is 1.71. The fourth-order valence-electron chi connectivity index (χ4n) is 2.34. The van der Waals surface area contributed by atoms with E-state index in [9.17, 15) is 0 Å². The monoisotopic (exact) mass is 312 g/mol. The molecular formula is C14H22BClN2O3. The Hall–Kier alpha value is -0.785. The number of piperazine rings is 1. The van der Waals surface area contributed by atoms with Crippen LogP contribution in [-0.2, 0) is 0 Å². The minimum Gasteiger partial charge on any atom is -0.492 e. The minimum absolute atomic E-state index is 0.366. The number of likely N-dealkylation sites (N-methyl/N-ethyl adjacent to an activating group) is 1. The summed E-state index contributed by atoms with van der Waals surface area (Å²) >= 11 is 6.05. The molecule has 0 bridgehead atoms. The topological polar surface area (TPSA) is 56.2 Å². The highest BCUT2D eigenvalue weighted by Gasteiger charge is 2.14. The lowest BCUT2D eigenvalue weighted by molar-refractivity contribution is 0.145. The average molecular weight is 313 g/mol. The van der Waals surface area contributed by atoms with Crippen LogP contribution in [0.5, 0.6) is 5.75 Å². The second-order valence-corrected chi connectivity index (χ2v) is 5.82. The molecule has 0 radical (unpaired) electrons. The predicted octanol–water partition coefficient (Wildman–Crippen LogP) is 0.0361. The van der Waals surface area contributed by atoms with Crippen molar-refractivity contribution in [2.24, 2.45) is 0 Å². The molecule has 1 aliphatic heterocycles. The second-order valence-electron chi connectivity index (χ2n) is 5.41. The molecule has 1 aromatic rings. The maximum atomic E-state index is 9.06. The Kier molecular flexibility index (Phi) is 6.32. The van der Waals surface area contributed by atoms with Crippen LogP contribution in [0.2, 0.25) is 5.02 Å². The van der Waals surface area contributed by atoms with E-state index in [2.05, 4.69) is 16.8 Å². The third kappa shape index (κ3) is 5.16. The van der Waals surface area contributed by atoms with Gasteiger partial charge in [0.1, 0.15) is 5.75 Å². The number of hydrogen-bond acceptors (Lipinski definition) is 5. The Morgan fingerprint density at radius 1 is 1.24 bits per heavy atom. The molecule has 1 saturated heterocycles. The highest BCUT2D eigenvalue weighted by Crippen LogP contribution is 2.22. The van der Waals surface area contributed by atoms with Crippen molar-refractivity contribution in [3.63, 3.8) is 0 Å². The van der Waals surface area contributed by atoms with Crippen molar-refractivity contribution >= 4 is 24.2 Å². The van der Waals surface area contributed by atoms with Crippen LogP contribution in [0.3, 0.4) is 0 Å². The van der Waals surface area contributed by atoms with Gasteiger partial charge in [-0.3, -0.25) is 0 Å². The molecule has 0 spiro atoms. The summed E-state index contributed by atoms with van der Waals surface area (Å²) < 4.78 is 5.65. The molecule has 0 atom stereocenters. The quantitative estimate of drug-likeness (QED) is 0.574. The fourth-order valence-corrected chi connectivity index (χ4v) is 2.58. The van der Waals surface area contributed by atoms with Crippen molar-refractivity contribution in [3.05, 3.63) is 23.2 Å². The molecule has 1 fully saturated rings. The molecule has 5 nitrogen and oxygen atoms in total. The fraction of sp³-hybridized carbons (Fsp3) is 0.571. The number of hydrogen-bond donors (Lipinski definition) is 2. The predicted molar refractivity (Wildman–Crippen MR) is 85.3 cm³/mol. The summed E-state index contributed by atoms with van der Waals surface area (Å²) in [5.74, 6) is 0.583. The maximum absolute atomic E-state index is 9.06. The lowest BCUT2D eigenvalue weighted by Crippen LogP contribution is -2.44. The molecule has 116 valence electrons. The number of nitrogens with zero attached hydrogens (tertiary/aromatic N) is 2. The first-order valence-corrected chi connectivity index (χ1v) is 7.63. The van der Waals surface area contributed by atoms with E-state index in [4.69, 9.17) is 26.4 Å². The molecule has 21 heavy (non-hydrogen) atoms. The van der Waals surface area contributed by atoms with Gasteiger partial charge in [0.05, 0.1) is 11.6 Å². The molecule has 0 unspecified atom stereocenters. The molecule has 0 amide bonds. The van der Waals surface area contributed by atoms with Gasteiger partial charge in [0.15, 0.2) is 0 Å². The highest BCUT2D eigenvalue weighted by molar-refractivity contribution is 6.59. The van der Waals surface area contributed by atoms with Crippen molar-refractivity contribution in [1.29, 1.82) is 0 Å². The van der Waals surface area contributed by atoms with Gasteiger partial charge in [0.2, 0.25) is 0 Å². The maximum Gasteiger partial charge on any atom is 0.488 e. The molecule has 0 saturated carbocycles. The van der Waals surface area contributed by atoms with Gasteiger partial charge in [0.25, 0.3) is 0 Å². The van der Waals surface area contributed by atoms with E-state index in [1.54, 1.807) is 12.1 Å². The summed E-state index contributed by atoms with van der Waals surface area (Å²) in [6.07, 6.45) is 0.949. The summed E-state index contributed by atoms with van der Waals surface area (Å²) in [6, 6.07) is 4.79. The van der Waals surface area contributed by atoms with Crippen LogP contribution in [0.4, 0.5) is 0 Å². The van der Waals surface area contributed by atoms with Crippen LogP contribution in [0.15, 0.2) is 18.2 Å². The Bertz CT molecular complexity index is 454. The van der Waals surface area contributed by atoms with Crippen molar-refractivity contribution in [2.45, 2.75) is 6.42 Å². The van der Waals surface area contributed by atoms with Crippen LogP contribution in [0.1, 0.15) is 6.42 Å². The van der Waals surface area contributed by atoms with Crippen LogP contribution in [-0.4, -0.2) is 73.3 Å². The van der Waals surface area contributed by atoms with E-state index in [1.165, 1.54) is 6.07 Å². The van der Waals surface area contributed by atoms with Gasteiger partial charge in [-0.1, -0.05) is 17.7 Å². The smallest absolute Gasteiger partial charge is 0.488 e. The van der Waals surface area contributed by atoms with Crippen molar-refractivity contribution < 1.29 is 14.8 Å². The van der Waals surface area contributed by atoms with E-state index in [1.807, 2.05) is 0 Å². The van der Waals surface area contributed by atoms with Gasteiger partial charge >= 0.3 is 7.12 Å². The molecule has 0 aromatic heterocycles. The van der Waals surface area contributed by atoms with Crippen molar-refractivity contribution in [2.75, 3.05) is 46.4 Å². The summed E-state index contributed by atoms with van der Waals surface area (Å²) in [4.78, 5) is 4.78. The zero-order valence-electron chi connectivity index (χ0n) is 12.3. The number of rotatable bonds is 6. The molecule has 1 aliphatic rings. The minimum atomic E-state index is -1.51. The van der Waals surface area contributed by atoms with Crippen LogP contribution < -0.4 is 10.2 Å². The Morgan fingerprint density at radius 2 is 1.95 bits per heavy atom. The van der Waals surface area contributed by atoms with E-state index >= 15 is 0 Å².